The Labute approximate surface area is 116 Å². The van der Waals surface area contributed by atoms with E-state index in [-0.39, 0.29) is 0 Å². The van der Waals surface area contributed by atoms with Crippen LogP contribution in [0.1, 0.15) is 35.8 Å². The molecular weight excluding hydrogens is 294 g/mol. The molecule has 2 saturated heterocycles. The number of hydrogen-bond acceptors (Lipinski definition) is 2. The molecule has 0 aliphatic carbocycles. The summed E-state index contributed by atoms with van der Waals surface area (Å²) in [7, 11) is 0. The highest BCUT2D eigenvalue weighted by Gasteiger charge is 2.22. The summed E-state index contributed by atoms with van der Waals surface area (Å²) in [6.45, 7) is 2.31. The van der Waals surface area contributed by atoms with Crippen LogP contribution in [0.2, 0.25) is 0 Å². The third-order valence-corrected chi connectivity index (χ3v) is 5.77. The topological polar surface area (TPSA) is 12.0 Å². The van der Waals surface area contributed by atoms with Crippen molar-refractivity contribution in [1.29, 1.82) is 0 Å². The van der Waals surface area contributed by atoms with Gasteiger partial charge in [0.25, 0.3) is 0 Å². The zero-order valence-electron chi connectivity index (χ0n) is 9.92. The molecule has 0 bridgehead atoms. The zero-order chi connectivity index (χ0) is 11.7. The Balaban J connectivity index is 1.82. The van der Waals surface area contributed by atoms with Gasteiger partial charge in [-0.05, 0) is 54.2 Å². The SMILES string of the molecule is Brc1cc(C2CCNC2)ccc1C1CCSC1. The number of hydrogen-bond donors (Lipinski definition) is 1. The summed E-state index contributed by atoms with van der Waals surface area (Å²) in [4.78, 5) is 0. The molecule has 0 amide bonds. The van der Waals surface area contributed by atoms with Gasteiger partial charge >= 0.3 is 0 Å². The second-order valence-electron chi connectivity index (χ2n) is 5.03. The smallest absolute Gasteiger partial charge is 0.0213 e. The Morgan fingerprint density at radius 1 is 1.24 bits per heavy atom. The molecule has 2 atom stereocenters. The fourth-order valence-electron chi connectivity index (χ4n) is 2.85. The molecule has 1 aromatic carbocycles. The van der Waals surface area contributed by atoms with Gasteiger partial charge in [0.1, 0.15) is 0 Å². The molecule has 2 fully saturated rings. The van der Waals surface area contributed by atoms with Gasteiger partial charge in [-0.25, -0.2) is 0 Å². The average Bonchev–Trinajstić information content (AvgIpc) is 3.02. The van der Waals surface area contributed by atoms with Crippen molar-refractivity contribution in [2.24, 2.45) is 0 Å². The minimum Gasteiger partial charge on any atom is -0.316 e. The minimum atomic E-state index is 0.721. The Kier molecular flexibility index (Phi) is 3.78. The lowest BCUT2D eigenvalue weighted by Crippen LogP contribution is -2.08. The second kappa shape index (κ2) is 5.33. The van der Waals surface area contributed by atoms with Gasteiger partial charge in [0.2, 0.25) is 0 Å². The van der Waals surface area contributed by atoms with Gasteiger partial charge in [-0.3, -0.25) is 0 Å². The lowest BCUT2D eigenvalue weighted by atomic mass is 9.93. The monoisotopic (exact) mass is 311 g/mol. The second-order valence-corrected chi connectivity index (χ2v) is 7.04. The van der Waals surface area contributed by atoms with Crippen molar-refractivity contribution in [3.8, 4) is 0 Å². The first kappa shape index (κ1) is 12.1. The molecule has 1 nitrogen and oxygen atoms in total. The Morgan fingerprint density at radius 2 is 2.18 bits per heavy atom. The third kappa shape index (κ3) is 2.56. The quantitative estimate of drug-likeness (QED) is 0.893. The highest BCUT2D eigenvalue weighted by Crippen LogP contribution is 2.37. The third-order valence-electron chi connectivity index (χ3n) is 3.93. The predicted octanol–water partition coefficient (Wildman–Crippen LogP) is 3.75. The van der Waals surface area contributed by atoms with Crippen molar-refractivity contribution in [3.05, 3.63) is 33.8 Å². The van der Waals surface area contributed by atoms with Crippen molar-refractivity contribution >= 4 is 27.7 Å². The first-order valence-electron chi connectivity index (χ1n) is 6.42. The van der Waals surface area contributed by atoms with Crippen molar-refractivity contribution < 1.29 is 0 Å². The Hall–Kier alpha value is 0.01000. The van der Waals surface area contributed by atoms with Gasteiger partial charge in [-0.2, -0.15) is 11.8 Å². The van der Waals surface area contributed by atoms with E-state index in [9.17, 15) is 0 Å². The molecule has 1 N–H and O–H groups in total. The zero-order valence-corrected chi connectivity index (χ0v) is 12.3. The standard InChI is InChI=1S/C14H18BrNS/c15-14-7-10(11-3-5-16-8-11)1-2-13(14)12-4-6-17-9-12/h1-2,7,11-12,16H,3-6,8-9H2. The molecule has 2 unspecified atom stereocenters. The summed E-state index contributed by atoms with van der Waals surface area (Å²) < 4.78 is 1.33. The molecule has 0 radical (unpaired) electrons. The molecule has 0 saturated carbocycles. The van der Waals surface area contributed by atoms with Gasteiger partial charge in [0.05, 0.1) is 0 Å². The maximum absolute atomic E-state index is 3.77. The van der Waals surface area contributed by atoms with Crippen LogP contribution in [0.3, 0.4) is 0 Å². The number of benzene rings is 1. The number of rotatable bonds is 2. The molecule has 0 aromatic heterocycles. The molecule has 2 heterocycles. The van der Waals surface area contributed by atoms with Crippen LogP contribution in [0, 0.1) is 0 Å². The van der Waals surface area contributed by atoms with E-state index in [2.05, 4.69) is 51.2 Å². The summed E-state index contributed by atoms with van der Waals surface area (Å²) in [6, 6.07) is 7.06. The van der Waals surface area contributed by atoms with Crippen LogP contribution < -0.4 is 5.32 Å². The maximum atomic E-state index is 3.77. The van der Waals surface area contributed by atoms with Crippen LogP contribution in [0.15, 0.2) is 22.7 Å². The summed E-state index contributed by atoms with van der Waals surface area (Å²) in [6.07, 6.45) is 2.62. The summed E-state index contributed by atoms with van der Waals surface area (Å²) in [5, 5.41) is 3.44. The van der Waals surface area contributed by atoms with Crippen LogP contribution in [-0.2, 0) is 0 Å². The van der Waals surface area contributed by atoms with Crippen molar-refractivity contribution in [2.45, 2.75) is 24.7 Å². The lowest BCUT2D eigenvalue weighted by Gasteiger charge is -2.15. The normalized spacial score (nSPS) is 28.8. The average molecular weight is 312 g/mol. The van der Waals surface area contributed by atoms with Gasteiger partial charge in [0, 0.05) is 16.8 Å². The van der Waals surface area contributed by atoms with E-state index >= 15 is 0 Å². The van der Waals surface area contributed by atoms with Crippen molar-refractivity contribution in [1.82, 2.24) is 5.32 Å². The molecule has 3 rings (SSSR count). The van der Waals surface area contributed by atoms with Gasteiger partial charge in [-0.1, -0.05) is 28.1 Å². The van der Waals surface area contributed by atoms with E-state index < -0.39 is 0 Å². The fraction of sp³-hybridized carbons (Fsp3) is 0.571. The number of nitrogens with one attached hydrogen (secondary N) is 1. The maximum Gasteiger partial charge on any atom is 0.0213 e. The van der Waals surface area contributed by atoms with Crippen LogP contribution in [0.25, 0.3) is 0 Å². The summed E-state index contributed by atoms with van der Waals surface area (Å²) in [5.41, 5.74) is 3.01. The van der Waals surface area contributed by atoms with E-state index in [1.807, 2.05) is 0 Å². The molecule has 1 aromatic rings. The van der Waals surface area contributed by atoms with Crippen molar-refractivity contribution in [2.75, 3.05) is 24.6 Å². The Bertz CT molecular complexity index is 395. The fourth-order valence-corrected chi connectivity index (χ4v) is 4.82. The van der Waals surface area contributed by atoms with Crippen LogP contribution >= 0.6 is 27.7 Å². The first-order chi connectivity index (χ1) is 8.34. The Morgan fingerprint density at radius 3 is 2.82 bits per heavy atom. The van der Waals surface area contributed by atoms with Crippen LogP contribution in [0.4, 0.5) is 0 Å². The van der Waals surface area contributed by atoms with E-state index in [4.69, 9.17) is 0 Å². The highest BCUT2D eigenvalue weighted by molar-refractivity contribution is 9.10. The summed E-state index contributed by atoms with van der Waals surface area (Å²) >= 11 is 5.86. The molecule has 2 aliphatic heterocycles. The summed E-state index contributed by atoms with van der Waals surface area (Å²) in [5.74, 6) is 4.11. The van der Waals surface area contributed by atoms with E-state index in [1.165, 1.54) is 46.5 Å². The molecule has 92 valence electrons. The molecule has 2 aliphatic rings. The number of halogens is 1. The number of thioether (sulfide) groups is 1. The molecule has 0 spiro atoms. The predicted molar refractivity (Wildman–Crippen MR) is 79.1 cm³/mol. The van der Waals surface area contributed by atoms with Crippen LogP contribution in [0.5, 0.6) is 0 Å². The van der Waals surface area contributed by atoms with Crippen molar-refractivity contribution in [3.63, 3.8) is 0 Å². The minimum absolute atomic E-state index is 0.721. The molecule has 17 heavy (non-hydrogen) atoms. The van der Waals surface area contributed by atoms with E-state index in [0.717, 1.165) is 18.4 Å². The lowest BCUT2D eigenvalue weighted by molar-refractivity contribution is 0.752. The molecular formula is C14H18BrNS. The van der Waals surface area contributed by atoms with E-state index in [0.29, 0.717) is 0 Å². The molecule has 3 heteroatoms. The van der Waals surface area contributed by atoms with Gasteiger partial charge in [0.15, 0.2) is 0 Å². The van der Waals surface area contributed by atoms with Crippen LogP contribution in [-0.4, -0.2) is 24.6 Å². The first-order valence-corrected chi connectivity index (χ1v) is 8.37. The largest absolute Gasteiger partial charge is 0.316 e. The highest BCUT2D eigenvalue weighted by atomic mass is 79.9. The van der Waals surface area contributed by atoms with Gasteiger partial charge in [-0.15, -0.1) is 0 Å². The van der Waals surface area contributed by atoms with Gasteiger partial charge < -0.3 is 5.32 Å². The van der Waals surface area contributed by atoms with E-state index in [1.54, 1.807) is 0 Å².